The van der Waals surface area contributed by atoms with E-state index in [1.807, 2.05) is 6.07 Å². The van der Waals surface area contributed by atoms with Gasteiger partial charge in [0, 0.05) is 5.02 Å². The van der Waals surface area contributed by atoms with Crippen molar-refractivity contribution in [2.45, 2.75) is 26.2 Å². The smallest absolute Gasteiger partial charge is 0.0412 e. The summed E-state index contributed by atoms with van der Waals surface area (Å²) < 4.78 is 0. The van der Waals surface area contributed by atoms with E-state index in [4.69, 9.17) is 11.6 Å². The predicted molar refractivity (Wildman–Crippen MR) is 119 cm³/mol. The van der Waals surface area contributed by atoms with Crippen LogP contribution in [0.4, 0.5) is 0 Å². The van der Waals surface area contributed by atoms with Gasteiger partial charge < -0.3 is 0 Å². The van der Waals surface area contributed by atoms with Crippen LogP contribution in [0.5, 0.6) is 0 Å². The highest BCUT2D eigenvalue weighted by atomic mass is 35.5. The lowest BCUT2D eigenvalue weighted by molar-refractivity contribution is 0.592. The Morgan fingerprint density at radius 1 is 0.630 bits per heavy atom. The highest BCUT2D eigenvalue weighted by molar-refractivity contribution is 6.31. The van der Waals surface area contributed by atoms with Crippen LogP contribution in [0.2, 0.25) is 5.02 Å². The summed E-state index contributed by atoms with van der Waals surface area (Å²) in [6.45, 7) is 6.76. The van der Waals surface area contributed by atoms with E-state index < -0.39 is 0 Å². The Hall–Kier alpha value is -2.57. The normalized spacial score (nSPS) is 11.7. The summed E-state index contributed by atoms with van der Waals surface area (Å²) in [6, 6.07) is 29.9. The van der Waals surface area contributed by atoms with Crippen LogP contribution in [0.3, 0.4) is 0 Å². The van der Waals surface area contributed by atoms with Crippen molar-refractivity contribution in [3.8, 4) is 22.3 Å². The third-order valence-electron chi connectivity index (χ3n) is 5.07. The topological polar surface area (TPSA) is 0 Å². The zero-order valence-corrected chi connectivity index (χ0v) is 16.7. The van der Waals surface area contributed by atoms with E-state index in [1.54, 1.807) is 0 Å². The molecule has 0 heterocycles. The molecule has 0 nitrogen and oxygen atoms in total. The van der Waals surface area contributed by atoms with Gasteiger partial charge in [-0.05, 0) is 56.1 Å². The van der Waals surface area contributed by atoms with Crippen LogP contribution < -0.4 is 0 Å². The Bertz CT molecular complexity index is 1100. The molecule has 0 aliphatic carbocycles. The number of hydrogen-bond donors (Lipinski definition) is 0. The van der Waals surface area contributed by atoms with Crippen LogP contribution in [0.15, 0.2) is 84.9 Å². The Kier molecular flexibility index (Phi) is 4.53. The van der Waals surface area contributed by atoms with Gasteiger partial charge in [-0.25, -0.2) is 0 Å². The number of fused-ring (bicyclic) bond motifs is 1. The van der Waals surface area contributed by atoms with E-state index in [2.05, 4.69) is 99.6 Å². The Labute approximate surface area is 166 Å². The minimum Gasteiger partial charge on any atom is -0.0843 e. The second-order valence-electron chi connectivity index (χ2n) is 8.02. The molecule has 0 amide bonds. The van der Waals surface area contributed by atoms with Crippen molar-refractivity contribution in [2.75, 3.05) is 0 Å². The Balaban J connectivity index is 2.10. The zero-order chi connectivity index (χ0) is 19.0. The van der Waals surface area contributed by atoms with Crippen molar-refractivity contribution in [1.29, 1.82) is 0 Å². The molecule has 0 bridgehead atoms. The zero-order valence-electron chi connectivity index (χ0n) is 16.0. The molecule has 0 radical (unpaired) electrons. The lowest BCUT2D eigenvalue weighted by atomic mass is 9.80. The van der Waals surface area contributed by atoms with E-state index in [0.29, 0.717) is 0 Å². The molecule has 0 aliphatic rings. The summed E-state index contributed by atoms with van der Waals surface area (Å²) in [5.74, 6) is 0. The van der Waals surface area contributed by atoms with Crippen LogP contribution in [0.1, 0.15) is 26.3 Å². The summed E-state index contributed by atoms with van der Waals surface area (Å²) in [4.78, 5) is 0. The van der Waals surface area contributed by atoms with E-state index in [0.717, 1.165) is 5.02 Å². The number of hydrogen-bond acceptors (Lipinski definition) is 0. The van der Waals surface area contributed by atoms with Crippen molar-refractivity contribution in [2.24, 2.45) is 0 Å². The number of halogens is 1. The van der Waals surface area contributed by atoms with Gasteiger partial charge in [0.25, 0.3) is 0 Å². The maximum atomic E-state index is 6.42. The molecule has 0 unspecified atom stereocenters. The minimum absolute atomic E-state index is 0.0315. The fraction of sp³-hybridized carbons (Fsp3) is 0.154. The number of rotatable bonds is 2. The van der Waals surface area contributed by atoms with Gasteiger partial charge in [-0.3, -0.25) is 0 Å². The van der Waals surface area contributed by atoms with E-state index in [1.165, 1.54) is 38.6 Å². The second kappa shape index (κ2) is 6.87. The molecule has 0 N–H and O–H groups in total. The SMILES string of the molecule is CC(C)(C)c1ccc(Cl)cc1-c1cccc2cccc(-c3ccccc3)c12. The summed E-state index contributed by atoms with van der Waals surface area (Å²) in [5.41, 5.74) is 6.27. The Morgan fingerprint density at radius 2 is 1.30 bits per heavy atom. The van der Waals surface area contributed by atoms with Gasteiger partial charge in [0.2, 0.25) is 0 Å². The molecule has 0 saturated carbocycles. The van der Waals surface area contributed by atoms with Crippen LogP contribution >= 0.6 is 11.6 Å². The van der Waals surface area contributed by atoms with Crippen LogP contribution in [0, 0.1) is 0 Å². The summed E-state index contributed by atoms with van der Waals surface area (Å²) in [5, 5.41) is 3.29. The van der Waals surface area contributed by atoms with Gasteiger partial charge in [-0.15, -0.1) is 0 Å². The molecule has 0 saturated heterocycles. The highest BCUT2D eigenvalue weighted by Crippen LogP contribution is 2.41. The first kappa shape index (κ1) is 17.8. The quantitative estimate of drug-likeness (QED) is 0.334. The third kappa shape index (κ3) is 3.38. The van der Waals surface area contributed by atoms with Crippen molar-refractivity contribution >= 4 is 22.4 Å². The van der Waals surface area contributed by atoms with Gasteiger partial charge >= 0.3 is 0 Å². The van der Waals surface area contributed by atoms with Gasteiger partial charge in [-0.1, -0.05) is 105 Å². The van der Waals surface area contributed by atoms with Crippen LogP contribution in [-0.4, -0.2) is 0 Å². The molecular formula is C26H23Cl. The van der Waals surface area contributed by atoms with Crippen molar-refractivity contribution in [3.63, 3.8) is 0 Å². The molecule has 0 aromatic heterocycles. The van der Waals surface area contributed by atoms with Crippen molar-refractivity contribution in [3.05, 3.63) is 95.5 Å². The largest absolute Gasteiger partial charge is 0.0843 e. The standard InChI is InChI=1S/C26H23Cl/c1-26(2,3)24-16-15-20(27)17-23(24)22-14-8-12-19-11-7-13-21(25(19)22)18-9-5-4-6-10-18/h4-17H,1-3H3. The monoisotopic (exact) mass is 370 g/mol. The van der Waals surface area contributed by atoms with Crippen molar-refractivity contribution in [1.82, 2.24) is 0 Å². The van der Waals surface area contributed by atoms with Crippen LogP contribution in [-0.2, 0) is 5.41 Å². The molecule has 27 heavy (non-hydrogen) atoms. The minimum atomic E-state index is 0.0315. The van der Waals surface area contributed by atoms with Gasteiger partial charge in [-0.2, -0.15) is 0 Å². The molecule has 134 valence electrons. The lowest BCUT2D eigenvalue weighted by Gasteiger charge is -2.24. The maximum absolute atomic E-state index is 6.42. The highest BCUT2D eigenvalue weighted by Gasteiger charge is 2.21. The fourth-order valence-corrected chi connectivity index (χ4v) is 3.99. The molecule has 4 aromatic rings. The number of benzene rings is 4. The molecule has 0 aliphatic heterocycles. The van der Waals surface area contributed by atoms with E-state index in [9.17, 15) is 0 Å². The molecule has 0 spiro atoms. The molecule has 0 atom stereocenters. The van der Waals surface area contributed by atoms with Crippen LogP contribution in [0.25, 0.3) is 33.0 Å². The average molecular weight is 371 g/mol. The summed E-state index contributed by atoms with van der Waals surface area (Å²) in [6.07, 6.45) is 0. The second-order valence-corrected chi connectivity index (χ2v) is 8.45. The molecule has 4 aromatic carbocycles. The first-order valence-electron chi connectivity index (χ1n) is 9.33. The maximum Gasteiger partial charge on any atom is 0.0412 e. The van der Waals surface area contributed by atoms with Gasteiger partial charge in [0.1, 0.15) is 0 Å². The van der Waals surface area contributed by atoms with E-state index in [-0.39, 0.29) is 5.41 Å². The van der Waals surface area contributed by atoms with Crippen molar-refractivity contribution < 1.29 is 0 Å². The third-order valence-corrected chi connectivity index (χ3v) is 5.30. The Morgan fingerprint density at radius 3 is 1.96 bits per heavy atom. The molecule has 1 heteroatoms. The first-order valence-corrected chi connectivity index (χ1v) is 9.70. The molecule has 4 rings (SSSR count). The fourth-order valence-electron chi connectivity index (χ4n) is 3.82. The summed E-state index contributed by atoms with van der Waals surface area (Å²) >= 11 is 6.42. The molecule has 0 fully saturated rings. The first-order chi connectivity index (χ1) is 12.9. The summed E-state index contributed by atoms with van der Waals surface area (Å²) in [7, 11) is 0. The average Bonchev–Trinajstić information content (AvgIpc) is 2.66. The van der Waals surface area contributed by atoms with Gasteiger partial charge in [0.15, 0.2) is 0 Å². The predicted octanol–water partition coefficient (Wildman–Crippen LogP) is 8.12. The van der Waals surface area contributed by atoms with E-state index >= 15 is 0 Å². The van der Waals surface area contributed by atoms with Gasteiger partial charge in [0.05, 0.1) is 0 Å². The molecular weight excluding hydrogens is 348 g/mol. The lowest BCUT2D eigenvalue weighted by Crippen LogP contribution is -2.12.